The number of ether oxygens (including phenoxy) is 1. The number of nitrogens with zero attached hydrogens (tertiary/aromatic N) is 1. The second-order valence-electron chi connectivity index (χ2n) is 4.68. The fraction of sp³-hybridized carbons (Fsp3) is 0.909. The van der Waals surface area contributed by atoms with Crippen LogP contribution in [0.15, 0.2) is 0 Å². The van der Waals surface area contributed by atoms with Gasteiger partial charge in [-0.15, -0.1) is 0 Å². The topological polar surface area (TPSA) is 41.6 Å². The number of hydrogen-bond donors (Lipinski definition) is 1. The number of carbonyl (C=O) groups is 1. The second-order valence-corrected chi connectivity index (χ2v) is 4.68. The molecule has 0 aromatic rings. The molecule has 1 aliphatic rings. The van der Waals surface area contributed by atoms with Crippen molar-refractivity contribution in [1.82, 2.24) is 10.2 Å². The van der Waals surface area contributed by atoms with Crippen LogP contribution in [0.2, 0.25) is 0 Å². The SMILES string of the molecule is CC(C)C(NC1CCOC1)C(=O)N(C)C. The van der Waals surface area contributed by atoms with E-state index in [0.29, 0.717) is 12.0 Å². The van der Waals surface area contributed by atoms with Crippen molar-refractivity contribution >= 4 is 5.91 Å². The summed E-state index contributed by atoms with van der Waals surface area (Å²) in [6.07, 6.45) is 1.00. The molecule has 0 saturated carbocycles. The third kappa shape index (κ3) is 3.47. The number of carbonyl (C=O) groups excluding carboxylic acids is 1. The van der Waals surface area contributed by atoms with Crippen molar-refractivity contribution in [3.63, 3.8) is 0 Å². The van der Waals surface area contributed by atoms with Gasteiger partial charge < -0.3 is 15.0 Å². The van der Waals surface area contributed by atoms with Crippen LogP contribution in [0, 0.1) is 5.92 Å². The van der Waals surface area contributed by atoms with E-state index in [2.05, 4.69) is 19.2 Å². The van der Waals surface area contributed by atoms with Crippen LogP contribution in [0.25, 0.3) is 0 Å². The molecular formula is C11H22N2O2. The van der Waals surface area contributed by atoms with Crippen molar-refractivity contribution in [3.8, 4) is 0 Å². The van der Waals surface area contributed by atoms with Crippen LogP contribution in [0.5, 0.6) is 0 Å². The third-order valence-corrected chi connectivity index (χ3v) is 2.72. The van der Waals surface area contributed by atoms with Crippen LogP contribution >= 0.6 is 0 Å². The van der Waals surface area contributed by atoms with Crippen LogP contribution in [0.4, 0.5) is 0 Å². The lowest BCUT2D eigenvalue weighted by molar-refractivity contribution is -0.132. The zero-order valence-electron chi connectivity index (χ0n) is 10.1. The van der Waals surface area contributed by atoms with Crippen molar-refractivity contribution in [1.29, 1.82) is 0 Å². The van der Waals surface area contributed by atoms with E-state index in [9.17, 15) is 4.79 Å². The Balaban J connectivity index is 2.53. The van der Waals surface area contributed by atoms with E-state index in [1.54, 1.807) is 19.0 Å². The van der Waals surface area contributed by atoms with Crippen LogP contribution in [-0.2, 0) is 9.53 Å². The number of likely N-dealkylation sites (N-methyl/N-ethyl adjacent to an activating group) is 1. The first-order valence-electron chi connectivity index (χ1n) is 5.57. The van der Waals surface area contributed by atoms with E-state index in [1.807, 2.05) is 0 Å². The summed E-state index contributed by atoms with van der Waals surface area (Å²) in [6, 6.07) is 0.244. The highest BCUT2D eigenvalue weighted by molar-refractivity contribution is 5.81. The summed E-state index contributed by atoms with van der Waals surface area (Å²) in [6.45, 7) is 5.66. The molecule has 1 aliphatic heterocycles. The van der Waals surface area contributed by atoms with Gasteiger partial charge in [0.2, 0.25) is 5.91 Å². The van der Waals surface area contributed by atoms with Gasteiger partial charge in [0.1, 0.15) is 0 Å². The summed E-state index contributed by atoms with van der Waals surface area (Å²) in [5.74, 6) is 0.456. The first-order chi connectivity index (χ1) is 7.02. The van der Waals surface area contributed by atoms with Gasteiger partial charge in [0, 0.05) is 26.7 Å². The maximum Gasteiger partial charge on any atom is 0.239 e. The van der Waals surface area contributed by atoms with E-state index < -0.39 is 0 Å². The van der Waals surface area contributed by atoms with Crippen molar-refractivity contribution < 1.29 is 9.53 Å². The van der Waals surface area contributed by atoms with E-state index in [0.717, 1.165) is 19.6 Å². The van der Waals surface area contributed by atoms with Gasteiger partial charge in [0.05, 0.1) is 12.6 Å². The number of amides is 1. The van der Waals surface area contributed by atoms with Gasteiger partial charge in [0.25, 0.3) is 0 Å². The Bertz CT molecular complexity index is 211. The molecule has 0 radical (unpaired) electrons. The molecule has 1 saturated heterocycles. The lowest BCUT2D eigenvalue weighted by Crippen LogP contribution is -2.50. The molecule has 15 heavy (non-hydrogen) atoms. The Hall–Kier alpha value is -0.610. The monoisotopic (exact) mass is 214 g/mol. The van der Waals surface area contributed by atoms with Crippen LogP contribution in [0.3, 0.4) is 0 Å². The predicted molar refractivity (Wildman–Crippen MR) is 59.7 cm³/mol. The van der Waals surface area contributed by atoms with Crippen molar-refractivity contribution in [3.05, 3.63) is 0 Å². The van der Waals surface area contributed by atoms with Gasteiger partial charge in [-0.25, -0.2) is 0 Å². The fourth-order valence-electron chi connectivity index (χ4n) is 1.75. The van der Waals surface area contributed by atoms with Gasteiger partial charge in [-0.1, -0.05) is 13.8 Å². The smallest absolute Gasteiger partial charge is 0.239 e. The molecule has 0 aromatic carbocycles. The normalized spacial score (nSPS) is 23.1. The maximum absolute atomic E-state index is 11.9. The highest BCUT2D eigenvalue weighted by Crippen LogP contribution is 2.10. The molecule has 4 heteroatoms. The van der Waals surface area contributed by atoms with Gasteiger partial charge in [-0.3, -0.25) is 4.79 Å². The first kappa shape index (κ1) is 12.5. The van der Waals surface area contributed by atoms with Crippen LogP contribution in [-0.4, -0.2) is 50.2 Å². The molecule has 1 heterocycles. The third-order valence-electron chi connectivity index (χ3n) is 2.72. The predicted octanol–water partition coefficient (Wildman–Crippen LogP) is 0.478. The lowest BCUT2D eigenvalue weighted by Gasteiger charge is -2.27. The van der Waals surface area contributed by atoms with E-state index >= 15 is 0 Å². The largest absolute Gasteiger partial charge is 0.380 e. The Morgan fingerprint density at radius 3 is 2.53 bits per heavy atom. The Kier molecular flexibility index (Phi) is 4.54. The second kappa shape index (κ2) is 5.47. The fourth-order valence-corrected chi connectivity index (χ4v) is 1.75. The minimum atomic E-state index is -0.0910. The summed E-state index contributed by atoms with van der Waals surface area (Å²) in [5, 5.41) is 3.38. The van der Waals surface area contributed by atoms with E-state index in [-0.39, 0.29) is 11.9 Å². The van der Waals surface area contributed by atoms with Crippen molar-refractivity contribution in [2.45, 2.75) is 32.4 Å². The summed E-state index contributed by atoms with van der Waals surface area (Å²) >= 11 is 0. The number of nitrogens with one attached hydrogen (secondary N) is 1. The minimum absolute atomic E-state index is 0.0910. The lowest BCUT2D eigenvalue weighted by atomic mass is 10.0. The number of rotatable bonds is 4. The molecule has 1 rings (SSSR count). The van der Waals surface area contributed by atoms with Crippen molar-refractivity contribution in [2.24, 2.45) is 5.92 Å². The molecule has 0 aromatic heterocycles. The van der Waals surface area contributed by atoms with Gasteiger partial charge >= 0.3 is 0 Å². The quantitative estimate of drug-likeness (QED) is 0.740. The molecule has 0 aliphatic carbocycles. The Morgan fingerprint density at radius 2 is 2.13 bits per heavy atom. The summed E-state index contributed by atoms with van der Waals surface area (Å²) in [7, 11) is 3.59. The van der Waals surface area contributed by atoms with Crippen molar-refractivity contribution in [2.75, 3.05) is 27.3 Å². The van der Waals surface area contributed by atoms with Gasteiger partial charge in [-0.2, -0.15) is 0 Å². The molecule has 88 valence electrons. The van der Waals surface area contributed by atoms with Gasteiger partial charge in [-0.05, 0) is 12.3 Å². The highest BCUT2D eigenvalue weighted by atomic mass is 16.5. The zero-order valence-corrected chi connectivity index (χ0v) is 10.1. The molecule has 0 spiro atoms. The summed E-state index contributed by atoms with van der Waals surface area (Å²) in [5.41, 5.74) is 0. The first-order valence-corrected chi connectivity index (χ1v) is 5.57. The Morgan fingerprint density at radius 1 is 1.47 bits per heavy atom. The molecule has 2 atom stereocenters. The molecule has 4 nitrogen and oxygen atoms in total. The number of hydrogen-bond acceptors (Lipinski definition) is 3. The summed E-state index contributed by atoms with van der Waals surface area (Å²) < 4.78 is 5.29. The maximum atomic E-state index is 11.9. The molecule has 0 bridgehead atoms. The molecule has 2 unspecified atom stereocenters. The average molecular weight is 214 g/mol. The minimum Gasteiger partial charge on any atom is -0.380 e. The Labute approximate surface area is 92.0 Å². The summed E-state index contributed by atoms with van der Waals surface area (Å²) in [4.78, 5) is 13.5. The zero-order chi connectivity index (χ0) is 11.4. The van der Waals surface area contributed by atoms with E-state index in [1.165, 1.54) is 0 Å². The average Bonchev–Trinajstić information content (AvgIpc) is 2.64. The van der Waals surface area contributed by atoms with E-state index in [4.69, 9.17) is 4.74 Å². The standard InChI is InChI=1S/C11H22N2O2/c1-8(2)10(11(14)13(3)4)12-9-5-6-15-7-9/h8-10,12H,5-7H2,1-4H3. The molecule has 1 fully saturated rings. The molecule has 1 amide bonds. The highest BCUT2D eigenvalue weighted by Gasteiger charge is 2.27. The van der Waals surface area contributed by atoms with Gasteiger partial charge in [0.15, 0.2) is 0 Å². The van der Waals surface area contributed by atoms with Crippen LogP contribution in [0.1, 0.15) is 20.3 Å². The van der Waals surface area contributed by atoms with Crippen LogP contribution < -0.4 is 5.32 Å². The molecule has 1 N–H and O–H groups in total. The molecular weight excluding hydrogens is 192 g/mol.